The van der Waals surface area contributed by atoms with Crippen LogP contribution in [0.5, 0.6) is 0 Å². The van der Waals surface area contributed by atoms with Crippen molar-refractivity contribution in [3.8, 4) is 10.7 Å². The van der Waals surface area contributed by atoms with E-state index in [9.17, 15) is 16.8 Å². The zero-order valence-corrected chi connectivity index (χ0v) is 41.6. The third kappa shape index (κ3) is 10.8. The molecule has 16 heteroatoms. The summed E-state index contributed by atoms with van der Waals surface area (Å²) in [7, 11) is -7.28. The van der Waals surface area contributed by atoms with E-state index in [0.29, 0.717) is 21.6 Å². The number of pyridine rings is 2. The Bertz CT molecular complexity index is 2760. The molecule has 314 valence electrons. The molecule has 0 spiro atoms. The van der Waals surface area contributed by atoms with Crippen molar-refractivity contribution in [3.05, 3.63) is 137 Å². The van der Waals surface area contributed by atoms with Gasteiger partial charge < -0.3 is 0 Å². The van der Waals surface area contributed by atoms with Gasteiger partial charge in [0.25, 0.3) is 20.0 Å². The average molecular weight is 1050 g/mol. The molecule has 0 saturated heterocycles. The molecule has 8 aromatic rings. The fourth-order valence-electron chi connectivity index (χ4n) is 6.94. The molecule has 0 bridgehead atoms. The molecule has 0 aliphatic carbocycles. The van der Waals surface area contributed by atoms with Gasteiger partial charge in [-0.05, 0) is 76.6 Å². The van der Waals surface area contributed by atoms with Gasteiger partial charge in [0, 0.05) is 34.7 Å². The normalized spacial score (nSPS) is 11.9. The van der Waals surface area contributed by atoms with Crippen molar-refractivity contribution < 1.29 is 16.8 Å². The molecule has 0 atom stereocenters. The number of thiazole rings is 2. The Kier molecular flexibility index (Phi) is 16.3. The summed E-state index contributed by atoms with van der Waals surface area (Å²) < 4.78 is 59.9. The summed E-state index contributed by atoms with van der Waals surface area (Å²) in [4.78, 5) is 18.2. The number of aromatic nitrogens is 6. The van der Waals surface area contributed by atoms with Gasteiger partial charge >= 0.3 is 122 Å². The number of fused-ring (bicyclic) bond motifs is 2. The second-order valence-corrected chi connectivity index (χ2v) is 34.5. The summed E-state index contributed by atoms with van der Waals surface area (Å²) in [5.41, 5.74) is 1.48. The van der Waals surface area contributed by atoms with E-state index < -0.39 is 38.4 Å². The maximum atomic E-state index is 12.8. The first-order chi connectivity index (χ1) is 29.0. The summed E-state index contributed by atoms with van der Waals surface area (Å²) in [6, 6.07) is 27.4. The van der Waals surface area contributed by atoms with E-state index in [0.717, 1.165) is 15.8 Å². The van der Waals surface area contributed by atoms with Crippen LogP contribution in [0, 0.1) is 0 Å². The molecule has 6 heterocycles. The van der Waals surface area contributed by atoms with Gasteiger partial charge in [0.05, 0.1) is 9.79 Å². The minimum absolute atomic E-state index is 0.235. The van der Waals surface area contributed by atoms with Crippen LogP contribution in [0.2, 0.25) is 13.3 Å². The van der Waals surface area contributed by atoms with E-state index in [4.69, 9.17) is 4.98 Å². The van der Waals surface area contributed by atoms with Crippen molar-refractivity contribution >= 4 is 102 Å². The quantitative estimate of drug-likeness (QED) is 0.0733. The molecule has 0 aliphatic rings. The van der Waals surface area contributed by atoms with Crippen LogP contribution in [-0.2, 0) is 20.0 Å². The fraction of sp³-hybridized carbons (Fsp3) is 0.273. The number of hydrogen-bond acceptors (Lipinski definition) is 10. The zero-order valence-electron chi connectivity index (χ0n) is 33.9. The fourth-order valence-corrected chi connectivity index (χ4v) is 29.7. The van der Waals surface area contributed by atoms with Crippen LogP contribution in [0.15, 0.2) is 147 Å². The Labute approximate surface area is 373 Å². The molecular weight excluding hydrogens is 1000 g/mol. The van der Waals surface area contributed by atoms with E-state index in [1.807, 2.05) is 41.1 Å². The smallest absolute Gasteiger partial charge is 0.243 e. The maximum Gasteiger partial charge on any atom is 0.269 e. The van der Waals surface area contributed by atoms with Crippen LogP contribution in [0.3, 0.4) is 0 Å². The number of halogens is 1. The maximum absolute atomic E-state index is 12.8. The predicted octanol–water partition coefficient (Wildman–Crippen LogP) is 11.6. The number of rotatable bonds is 15. The van der Waals surface area contributed by atoms with E-state index in [1.165, 1.54) is 70.2 Å². The zero-order chi connectivity index (χ0) is 42.6. The van der Waals surface area contributed by atoms with Gasteiger partial charge in [-0.3, -0.25) is 0 Å². The molecule has 60 heavy (non-hydrogen) atoms. The summed E-state index contributed by atoms with van der Waals surface area (Å²) in [5, 5.41) is 6.37. The molecule has 6 aromatic heterocycles. The van der Waals surface area contributed by atoms with Crippen LogP contribution in [0.1, 0.15) is 59.3 Å². The van der Waals surface area contributed by atoms with E-state index in [1.54, 1.807) is 101 Å². The van der Waals surface area contributed by atoms with Crippen molar-refractivity contribution in [1.82, 2.24) is 27.9 Å². The Hall–Kier alpha value is -3.74. The topological polar surface area (TPSA) is 130 Å². The molecule has 0 fully saturated rings. The Morgan fingerprint density at radius 3 is 1.53 bits per heavy atom. The molecule has 0 saturated carbocycles. The van der Waals surface area contributed by atoms with Crippen molar-refractivity contribution in [2.24, 2.45) is 0 Å². The number of unbranched alkanes of at least 4 members (excludes halogenated alkanes) is 3. The van der Waals surface area contributed by atoms with Crippen LogP contribution in [-0.4, -0.2) is 63.1 Å². The molecular formula is C44H49BrN6O4S4Sn. The summed E-state index contributed by atoms with van der Waals surface area (Å²) in [6.45, 7) is 6.99. The number of hydrogen-bond donors (Lipinski definition) is 0. The SMILES string of the molecule is CCC[CH2][Sn]([CH2]CCC)([CH2]CCC)[c]1nccs1.O=S(=O)(c1ccccc1)n1ccc2ccc(-c3nccs3)nc21.O=S(=O)(c1ccccc1)n1ccc2ccc(Br)nc21. The first-order valence-corrected chi connectivity index (χ1v) is 33.0. The minimum Gasteiger partial charge on any atom is -0.243 e. The van der Waals surface area contributed by atoms with Gasteiger partial charge in [-0.25, -0.2) is 39.7 Å². The van der Waals surface area contributed by atoms with E-state index in [-0.39, 0.29) is 9.79 Å². The van der Waals surface area contributed by atoms with Crippen LogP contribution in [0.4, 0.5) is 0 Å². The average Bonchev–Trinajstić information content (AvgIpc) is 4.12. The van der Waals surface area contributed by atoms with Gasteiger partial charge in [0.15, 0.2) is 11.3 Å². The Balaban J connectivity index is 0.000000153. The molecule has 0 N–H and O–H groups in total. The molecule has 2 aromatic carbocycles. The van der Waals surface area contributed by atoms with Gasteiger partial charge in [-0.15, -0.1) is 11.3 Å². The van der Waals surface area contributed by atoms with Gasteiger partial charge in [0.1, 0.15) is 15.3 Å². The standard InChI is InChI=1S/C16H11N3O2S2.C13H9BrN2O2S.3C4H9.C3H2NS.Sn/c20-23(21,13-4-2-1-3-5-13)19-10-8-12-6-7-14(18-15(12)19)16-17-9-11-22-16;14-12-7-6-10-8-9-16(13(10)15-12)19(17,18)11-4-2-1-3-5-11;3*1-3-4-2;1-2-5-3-4-1;/h1-11H;1-9H;3*1,3-4H2,2H3;1-2H;. The first kappa shape index (κ1) is 45.8. The summed E-state index contributed by atoms with van der Waals surface area (Å²) in [6.07, 6.45) is 15.1. The van der Waals surface area contributed by atoms with Crippen LogP contribution in [0.25, 0.3) is 32.8 Å². The molecule has 0 unspecified atom stereocenters. The molecule has 0 aliphatic heterocycles. The van der Waals surface area contributed by atoms with Crippen molar-refractivity contribution in [1.29, 1.82) is 0 Å². The minimum atomic E-state index is -3.67. The predicted molar refractivity (Wildman–Crippen MR) is 253 cm³/mol. The summed E-state index contributed by atoms with van der Waals surface area (Å²) >= 11 is 4.56. The second kappa shape index (κ2) is 21.4. The van der Waals surface area contributed by atoms with Crippen molar-refractivity contribution in [2.75, 3.05) is 0 Å². The van der Waals surface area contributed by atoms with Crippen LogP contribution >= 0.6 is 38.6 Å². The molecule has 8 rings (SSSR count). The number of nitrogens with zero attached hydrogens (tertiary/aromatic N) is 6. The largest absolute Gasteiger partial charge is 0.269 e. The molecule has 0 radical (unpaired) electrons. The third-order valence-electron chi connectivity index (χ3n) is 10.1. The molecule has 0 amide bonds. The van der Waals surface area contributed by atoms with Crippen molar-refractivity contribution in [2.45, 2.75) is 82.4 Å². The van der Waals surface area contributed by atoms with Gasteiger partial charge in [0.2, 0.25) is 0 Å². The number of benzene rings is 2. The summed E-state index contributed by atoms with van der Waals surface area (Å²) in [5.74, 6) is 0. The molecule has 10 nitrogen and oxygen atoms in total. The third-order valence-corrected chi connectivity index (χ3v) is 33.4. The van der Waals surface area contributed by atoms with Crippen molar-refractivity contribution in [3.63, 3.8) is 0 Å². The second-order valence-electron chi connectivity index (χ2n) is 14.3. The van der Waals surface area contributed by atoms with E-state index >= 15 is 0 Å². The van der Waals surface area contributed by atoms with Crippen LogP contribution < -0.4 is 3.02 Å². The van der Waals surface area contributed by atoms with E-state index in [2.05, 4.69) is 57.0 Å². The van der Waals surface area contributed by atoms with Gasteiger partial charge in [-0.2, -0.15) is 0 Å². The monoisotopic (exact) mass is 1050 g/mol. The Morgan fingerprint density at radius 2 is 1.07 bits per heavy atom. The first-order valence-electron chi connectivity index (χ1n) is 20.1. The van der Waals surface area contributed by atoms with Gasteiger partial charge in [-0.1, -0.05) is 36.4 Å². The Morgan fingerprint density at radius 1 is 0.583 bits per heavy atom.